The first-order valence-electron chi connectivity index (χ1n) is 9.84. The Labute approximate surface area is 181 Å². The topological polar surface area (TPSA) is 52.7 Å². The molecule has 5 nitrogen and oxygen atoms in total. The molecule has 1 atom stereocenters. The van der Waals surface area contributed by atoms with Gasteiger partial charge >= 0.3 is 0 Å². The monoisotopic (exact) mass is 429 g/mol. The highest BCUT2D eigenvalue weighted by Crippen LogP contribution is 2.23. The summed E-state index contributed by atoms with van der Waals surface area (Å²) in [6, 6.07) is 11.8. The van der Waals surface area contributed by atoms with Gasteiger partial charge in [-0.05, 0) is 48.4 Å². The first kappa shape index (κ1) is 22.0. The maximum absolute atomic E-state index is 13.4. The smallest absolute Gasteiger partial charge is 0.246 e. The van der Waals surface area contributed by atoms with Crippen LogP contribution in [0.25, 0.3) is 6.08 Å². The molecule has 0 aliphatic carbocycles. The van der Waals surface area contributed by atoms with Gasteiger partial charge in [-0.1, -0.05) is 29.8 Å². The van der Waals surface area contributed by atoms with E-state index >= 15 is 0 Å². The zero-order valence-corrected chi connectivity index (χ0v) is 17.8. The fraction of sp³-hybridized carbons (Fsp3) is 0.304. The van der Waals surface area contributed by atoms with Crippen LogP contribution in [0.2, 0.25) is 5.02 Å². The molecule has 2 aromatic carbocycles. The van der Waals surface area contributed by atoms with Crippen LogP contribution >= 0.6 is 11.6 Å². The molecule has 2 amide bonds. The first-order valence-corrected chi connectivity index (χ1v) is 10.2. The van der Waals surface area contributed by atoms with E-state index in [2.05, 4.69) is 10.2 Å². The molecule has 1 heterocycles. The maximum Gasteiger partial charge on any atom is 0.246 e. The van der Waals surface area contributed by atoms with Crippen LogP contribution in [-0.4, -0.2) is 47.3 Å². The summed E-state index contributed by atoms with van der Waals surface area (Å²) in [7, 11) is 0. The largest absolute Gasteiger partial charge is 0.334 e. The summed E-state index contributed by atoms with van der Waals surface area (Å²) in [4.78, 5) is 28.2. The lowest BCUT2D eigenvalue weighted by molar-refractivity contribution is -0.130. The fourth-order valence-electron chi connectivity index (χ4n) is 3.63. The van der Waals surface area contributed by atoms with E-state index in [4.69, 9.17) is 11.6 Å². The van der Waals surface area contributed by atoms with Crippen LogP contribution < -0.4 is 5.32 Å². The lowest BCUT2D eigenvalue weighted by Crippen LogP contribution is -2.53. The van der Waals surface area contributed by atoms with Crippen LogP contribution in [0.4, 0.5) is 10.1 Å². The van der Waals surface area contributed by atoms with Crippen molar-refractivity contribution in [1.82, 2.24) is 9.80 Å². The second-order valence-electron chi connectivity index (χ2n) is 7.49. The van der Waals surface area contributed by atoms with Crippen LogP contribution in [-0.2, 0) is 16.1 Å². The van der Waals surface area contributed by atoms with Gasteiger partial charge in [0.05, 0.1) is 0 Å². The molecule has 30 heavy (non-hydrogen) atoms. The van der Waals surface area contributed by atoms with E-state index in [1.54, 1.807) is 36.4 Å². The second kappa shape index (κ2) is 9.87. The van der Waals surface area contributed by atoms with Gasteiger partial charge in [0.2, 0.25) is 11.8 Å². The number of benzene rings is 2. The molecule has 158 valence electrons. The molecule has 0 saturated carbocycles. The van der Waals surface area contributed by atoms with Crippen molar-refractivity contribution in [2.75, 3.05) is 25.0 Å². The number of nitrogens with zero attached hydrogens (tertiary/aromatic N) is 2. The SMILES string of the molecule is CC(=O)Nc1cc(Cl)ccc1C=CC(=O)N1CCN(Cc2cccc(F)c2)CC1C. The minimum Gasteiger partial charge on any atom is -0.334 e. The molecule has 3 rings (SSSR count). The maximum atomic E-state index is 13.4. The lowest BCUT2D eigenvalue weighted by Gasteiger charge is -2.39. The molecule has 1 saturated heterocycles. The number of nitrogens with one attached hydrogen (secondary N) is 1. The number of piperazine rings is 1. The first-order chi connectivity index (χ1) is 14.3. The van der Waals surface area contributed by atoms with Gasteiger partial charge in [-0.25, -0.2) is 4.39 Å². The van der Waals surface area contributed by atoms with Crippen molar-refractivity contribution in [2.45, 2.75) is 26.4 Å². The minimum absolute atomic E-state index is 0.0319. The quantitative estimate of drug-likeness (QED) is 0.725. The number of hydrogen-bond acceptors (Lipinski definition) is 3. The Morgan fingerprint density at radius 1 is 1.23 bits per heavy atom. The van der Waals surface area contributed by atoms with Gasteiger partial charge in [-0.15, -0.1) is 0 Å². The van der Waals surface area contributed by atoms with Crippen LogP contribution in [0.15, 0.2) is 48.5 Å². The number of carbonyl (C=O) groups excluding carboxylic acids is 2. The van der Waals surface area contributed by atoms with E-state index in [0.717, 1.165) is 12.1 Å². The van der Waals surface area contributed by atoms with E-state index in [1.165, 1.54) is 19.1 Å². The number of halogens is 2. The molecule has 1 N–H and O–H groups in total. The van der Waals surface area contributed by atoms with E-state index in [9.17, 15) is 14.0 Å². The molecule has 1 fully saturated rings. The van der Waals surface area contributed by atoms with Gasteiger partial charge in [0.1, 0.15) is 5.82 Å². The van der Waals surface area contributed by atoms with Crippen molar-refractivity contribution in [3.63, 3.8) is 0 Å². The lowest BCUT2D eigenvalue weighted by atomic mass is 10.1. The Morgan fingerprint density at radius 3 is 2.73 bits per heavy atom. The highest BCUT2D eigenvalue weighted by atomic mass is 35.5. The van der Waals surface area contributed by atoms with Gasteiger partial charge in [-0.2, -0.15) is 0 Å². The van der Waals surface area contributed by atoms with Gasteiger partial charge in [0, 0.05) is 55.9 Å². The third-order valence-electron chi connectivity index (χ3n) is 5.02. The molecule has 0 bridgehead atoms. The Kier molecular flexibility index (Phi) is 7.24. The summed E-state index contributed by atoms with van der Waals surface area (Å²) in [6.07, 6.45) is 3.21. The Balaban J connectivity index is 1.62. The van der Waals surface area contributed by atoms with Crippen LogP contribution in [0.3, 0.4) is 0 Å². The predicted octanol–water partition coefficient (Wildman–Crippen LogP) is 4.18. The van der Waals surface area contributed by atoms with Crippen molar-refractivity contribution >= 4 is 35.2 Å². The van der Waals surface area contributed by atoms with Crippen LogP contribution in [0.1, 0.15) is 25.0 Å². The summed E-state index contributed by atoms with van der Waals surface area (Å²) in [5, 5.41) is 3.23. The van der Waals surface area contributed by atoms with E-state index < -0.39 is 0 Å². The molecule has 1 aliphatic rings. The van der Waals surface area contributed by atoms with Crippen LogP contribution in [0.5, 0.6) is 0 Å². The van der Waals surface area contributed by atoms with Crippen molar-refractivity contribution in [1.29, 1.82) is 0 Å². The Bertz CT molecular complexity index is 963. The molecule has 0 spiro atoms. The number of anilines is 1. The molecule has 7 heteroatoms. The van der Waals surface area contributed by atoms with E-state index in [1.807, 2.05) is 17.9 Å². The number of hydrogen-bond donors (Lipinski definition) is 1. The molecule has 0 radical (unpaired) electrons. The zero-order valence-electron chi connectivity index (χ0n) is 17.1. The number of amides is 2. The summed E-state index contributed by atoms with van der Waals surface area (Å²) >= 11 is 6.01. The standard InChI is InChI=1S/C23H25ClFN3O2/c1-16-14-27(15-18-4-3-5-21(25)12-18)10-11-28(16)23(30)9-7-19-6-8-20(24)13-22(19)26-17(2)29/h3-9,12-13,16H,10-11,14-15H2,1-2H3,(H,26,29). The van der Waals surface area contributed by atoms with Crippen molar-refractivity contribution in [3.8, 4) is 0 Å². The van der Waals surface area contributed by atoms with Gasteiger partial charge in [0.25, 0.3) is 0 Å². The summed E-state index contributed by atoms with van der Waals surface area (Å²) < 4.78 is 13.4. The highest BCUT2D eigenvalue weighted by molar-refractivity contribution is 6.31. The zero-order chi connectivity index (χ0) is 21.7. The average Bonchev–Trinajstić information content (AvgIpc) is 2.67. The van der Waals surface area contributed by atoms with E-state index in [0.29, 0.717) is 35.9 Å². The Hall–Kier alpha value is -2.70. The van der Waals surface area contributed by atoms with Crippen molar-refractivity contribution in [3.05, 3.63) is 70.5 Å². The highest BCUT2D eigenvalue weighted by Gasteiger charge is 2.26. The third-order valence-corrected chi connectivity index (χ3v) is 5.26. The second-order valence-corrected chi connectivity index (χ2v) is 7.93. The normalized spacial score (nSPS) is 17.3. The molecular formula is C23H25ClFN3O2. The van der Waals surface area contributed by atoms with E-state index in [-0.39, 0.29) is 23.7 Å². The summed E-state index contributed by atoms with van der Waals surface area (Å²) in [6.45, 7) is 6.12. The molecule has 1 aliphatic heterocycles. The summed E-state index contributed by atoms with van der Waals surface area (Å²) in [5.41, 5.74) is 2.20. The van der Waals surface area contributed by atoms with Crippen molar-refractivity contribution in [2.24, 2.45) is 0 Å². The third kappa shape index (κ3) is 5.90. The van der Waals surface area contributed by atoms with Gasteiger partial charge < -0.3 is 10.2 Å². The van der Waals surface area contributed by atoms with Gasteiger partial charge in [-0.3, -0.25) is 14.5 Å². The number of carbonyl (C=O) groups is 2. The molecule has 0 aromatic heterocycles. The summed E-state index contributed by atoms with van der Waals surface area (Å²) in [5.74, 6) is -0.529. The van der Waals surface area contributed by atoms with Crippen LogP contribution in [0, 0.1) is 5.82 Å². The average molecular weight is 430 g/mol. The number of rotatable bonds is 5. The molecule has 2 aromatic rings. The Morgan fingerprint density at radius 2 is 2.03 bits per heavy atom. The minimum atomic E-state index is -0.236. The van der Waals surface area contributed by atoms with Gasteiger partial charge in [0.15, 0.2) is 0 Å². The fourth-order valence-corrected chi connectivity index (χ4v) is 3.80. The molecule has 1 unspecified atom stereocenters. The predicted molar refractivity (Wildman–Crippen MR) is 118 cm³/mol. The van der Waals surface area contributed by atoms with Crippen molar-refractivity contribution < 1.29 is 14.0 Å². The molecular weight excluding hydrogens is 405 g/mol.